The second kappa shape index (κ2) is 9.07. The van der Waals surface area contributed by atoms with Crippen molar-refractivity contribution in [2.24, 2.45) is 5.73 Å². The molecule has 5 nitrogen and oxygen atoms in total. The zero-order valence-electron chi connectivity index (χ0n) is 14.9. The first-order valence-corrected chi connectivity index (χ1v) is 8.50. The minimum Gasteiger partial charge on any atom is -0.330 e. The van der Waals surface area contributed by atoms with E-state index in [0.717, 1.165) is 17.6 Å². The molecule has 0 unspecified atom stereocenters. The number of fused-ring (bicyclic) bond motifs is 1. The standard InChI is InChI=1S/C19H19F3N4O.ClH/c20-19(21,22)14-6-3-5-13(11-14)12-26-16-8-2-1-7-15(16)24-18(26)25-17(27)9-4-10-23;/h1-3,5-8,11H,4,9-10,12,23H2,(H,24,25,27);1H. The van der Waals surface area contributed by atoms with E-state index in [1.165, 1.54) is 6.07 Å². The number of nitrogens with two attached hydrogens (primary N) is 1. The van der Waals surface area contributed by atoms with Gasteiger partial charge >= 0.3 is 6.18 Å². The van der Waals surface area contributed by atoms with Crippen LogP contribution in [0, 0.1) is 0 Å². The van der Waals surface area contributed by atoms with Crippen LogP contribution in [0.3, 0.4) is 0 Å². The highest BCUT2D eigenvalue weighted by Gasteiger charge is 2.30. The lowest BCUT2D eigenvalue weighted by molar-refractivity contribution is -0.137. The fraction of sp³-hybridized carbons (Fsp3) is 0.263. The van der Waals surface area contributed by atoms with E-state index in [4.69, 9.17) is 5.73 Å². The summed E-state index contributed by atoms with van der Waals surface area (Å²) in [6.07, 6.45) is -3.62. The molecule has 0 aliphatic carbocycles. The van der Waals surface area contributed by atoms with Crippen molar-refractivity contribution in [2.75, 3.05) is 11.9 Å². The van der Waals surface area contributed by atoms with Gasteiger partial charge in [0.25, 0.3) is 0 Å². The molecular formula is C19H20ClF3N4O. The van der Waals surface area contributed by atoms with Crippen molar-refractivity contribution in [2.45, 2.75) is 25.6 Å². The molecule has 1 amide bonds. The van der Waals surface area contributed by atoms with Gasteiger partial charge in [0.05, 0.1) is 23.1 Å². The number of halogens is 4. The summed E-state index contributed by atoms with van der Waals surface area (Å²) >= 11 is 0. The topological polar surface area (TPSA) is 72.9 Å². The molecule has 0 aliphatic rings. The number of anilines is 1. The van der Waals surface area contributed by atoms with Gasteiger partial charge in [-0.05, 0) is 42.8 Å². The first-order chi connectivity index (χ1) is 12.9. The number of nitrogens with one attached hydrogen (secondary N) is 1. The summed E-state index contributed by atoms with van der Waals surface area (Å²) in [5.74, 6) is 0.0664. The number of para-hydroxylation sites is 2. The monoisotopic (exact) mass is 412 g/mol. The van der Waals surface area contributed by atoms with Gasteiger partial charge in [0.1, 0.15) is 0 Å². The molecular weight excluding hydrogens is 393 g/mol. The van der Waals surface area contributed by atoms with E-state index in [1.54, 1.807) is 16.7 Å². The molecule has 0 atom stereocenters. The Morgan fingerprint density at radius 3 is 2.61 bits per heavy atom. The van der Waals surface area contributed by atoms with Gasteiger partial charge in [-0.2, -0.15) is 13.2 Å². The number of amides is 1. The fourth-order valence-corrected chi connectivity index (χ4v) is 2.81. The quantitative estimate of drug-likeness (QED) is 0.637. The normalized spacial score (nSPS) is 11.3. The van der Waals surface area contributed by atoms with Gasteiger partial charge < -0.3 is 10.3 Å². The molecule has 1 aromatic heterocycles. The Morgan fingerprint density at radius 2 is 1.89 bits per heavy atom. The zero-order chi connectivity index (χ0) is 19.4. The Kier molecular flexibility index (Phi) is 7.04. The maximum atomic E-state index is 13.0. The van der Waals surface area contributed by atoms with Crippen LogP contribution in [0.1, 0.15) is 24.0 Å². The minimum absolute atomic E-state index is 0. The summed E-state index contributed by atoms with van der Waals surface area (Å²) in [6, 6.07) is 12.3. The lowest BCUT2D eigenvalue weighted by Gasteiger charge is -2.12. The predicted molar refractivity (Wildman–Crippen MR) is 104 cm³/mol. The van der Waals surface area contributed by atoms with Crippen molar-refractivity contribution in [3.8, 4) is 0 Å². The van der Waals surface area contributed by atoms with Gasteiger partial charge in [-0.15, -0.1) is 12.4 Å². The van der Waals surface area contributed by atoms with Crippen LogP contribution < -0.4 is 11.1 Å². The SMILES string of the molecule is Cl.NCCCC(=O)Nc1nc2ccccc2n1Cc1cccc(C(F)(F)F)c1. The number of hydrogen-bond acceptors (Lipinski definition) is 3. The average molecular weight is 413 g/mol. The lowest BCUT2D eigenvalue weighted by atomic mass is 10.1. The van der Waals surface area contributed by atoms with E-state index in [-0.39, 0.29) is 31.3 Å². The second-order valence-corrected chi connectivity index (χ2v) is 6.15. The van der Waals surface area contributed by atoms with Gasteiger partial charge in [-0.3, -0.25) is 10.1 Å². The maximum Gasteiger partial charge on any atom is 0.416 e. The van der Waals surface area contributed by atoms with Crippen molar-refractivity contribution in [1.29, 1.82) is 0 Å². The van der Waals surface area contributed by atoms with Crippen LogP contribution >= 0.6 is 12.4 Å². The van der Waals surface area contributed by atoms with Crippen molar-refractivity contribution < 1.29 is 18.0 Å². The van der Waals surface area contributed by atoms with E-state index < -0.39 is 11.7 Å². The summed E-state index contributed by atoms with van der Waals surface area (Å²) in [4.78, 5) is 16.5. The first-order valence-electron chi connectivity index (χ1n) is 8.50. The Balaban J connectivity index is 0.00000280. The van der Waals surface area contributed by atoms with Gasteiger partial charge in [0, 0.05) is 6.42 Å². The fourth-order valence-electron chi connectivity index (χ4n) is 2.81. The van der Waals surface area contributed by atoms with E-state index in [1.807, 2.05) is 18.2 Å². The number of imidazole rings is 1. The molecule has 3 N–H and O–H groups in total. The van der Waals surface area contributed by atoms with Gasteiger partial charge in [0.2, 0.25) is 11.9 Å². The number of carbonyl (C=O) groups is 1. The van der Waals surface area contributed by atoms with Crippen molar-refractivity contribution in [3.05, 3.63) is 59.7 Å². The van der Waals surface area contributed by atoms with Crippen LogP contribution in [-0.4, -0.2) is 22.0 Å². The number of hydrogen-bond donors (Lipinski definition) is 2. The molecule has 3 rings (SSSR count). The summed E-state index contributed by atoms with van der Waals surface area (Å²) in [5, 5.41) is 2.74. The van der Waals surface area contributed by atoms with Crippen LogP contribution in [0.5, 0.6) is 0 Å². The Bertz CT molecular complexity index is 956. The molecule has 150 valence electrons. The molecule has 28 heavy (non-hydrogen) atoms. The molecule has 0 fully saturated rings. The number of rotatable bonds is 6. The largest absolute Gasteiger partial charge is 0.416 e. The Labute approximate surface area is 166 Å². The molecule has 1 heterocycles. The molecule has 0 spiro atoms. The molecule has 9 heteroatoms. The van der Waals surface area contributed by atoms with Crippen LogP contribution in [0.2, 0.25) is 0 Å². The molecule has 0 aliphatic heterocycles. The highest BCUT2D eigenvalue weighted by atomic mass is 35.5. The lowest BCUT2D eigenvalue weighted by Crippen LogP contribution is -2.17. The van der Waals surface area contributed by atoms with Gasteiger partial charge in [-0.25, -0.2) is 4.98 Å². The Hall–Kier alpha value is -2.58. The molecule has 0 radical (unpaired) electrons. The summed E-state index contributed by atoms with van der Waals surface area (Å²) < 4.78 is 40.6. The van der Waals surface area contributed by atoms with Crippen LogP contribution in [0.25, 0.3) is 11.0 Å². The number of benzene rings is 2. The third-order valence-electron chi connectivity index (χ3n) is 4.11. The third kappa shape index (κ3) is 5.02. The van der Waals surface area contributed by atoms with Crippen LogP contribution in [0.4, 0.5) is 19.1 Å². The van der Waals surface area contributed by atoms with E-state index in [9.17, 15) is 18.0 Å². The smallest absolute Gasteiger partial charge is 0.330 e. The van der Waals surface area contributed by atoms with Crippen LogP contribution in [-0.2, 0) is 17.5 Å². The van der Waals surface area contributed by atoms with Crippen LogP contribution in [0.15, 0.2) is 48.5 Å². The molecule has 0 bridgehead atoms. The highest BCUT2D eigenvalue weighted by molar-refractivity contribution is 5.91. The zero-order valence-corrected chi connectivity index (χ0v) is 15.7. The number of nitrogens with zero attached hydrogens (tertiary/aromatic N) is 2. The molecule has 0 saturated carbocycles. The average Bonchev–Trinajstić information content (AvgIpc) is 2.97. The molecule has 0 saturated heterocycles. The predicted octanol–water partition coefficient (Wildman–Crippen LogP) is 4.20. The maximum absolute atomic E-state index is 13.0. The van der Waals surface area contributed by atoms with Crippen molar-refractivity contribution >= 4 is 35.3 Å². The summed E-state index contributed by atoms with van der Waals surface area (Å²) in [5.41, 5.74) is 6.55. The summed E-state index contributed by atoms with van der Waals surface area (Å²) in [7, 11) is 0. The second-order valence-electron chi connectivity index (χ2n) is 6.15. The number of carbonyl (C=O) groups excluding carboxylic acids is 1. The molecule has 3 aromatic rings. The first kappa shape index (κ1) is 21.7. The number of alkyl halides is 3. The van der Waals surface area contributed by atoms with E-state index in [2.05, 4.69) is 10.3 Å². The van der Waals surface area contributed by atoms with E-state index >= 15 is 0 Å². The highest BCUT2D eigenvalue weighted by Crippen LogP contribution is 2.30. The van der Waals surface area contributed by atoms with Gasteiger partial charge in [0.15, 0.2) is 0 Å². The number of aromatic nitrogens is 2. The van der Waals surface area contributed by atoms with Gasteiger partial charge in [-0.1, -0.05) is 24.3 Å². The van der Waals surface area contributed by atoms with Crippen molar-refractivity contribution in [3.63, 3.8) is 0 Å². The minimum atomic E-state index is -4.41. The summed E-state index contributed by atoms with van der Waals surface area (Å²) in [6.45, 7) is 0.547. The Morgan fingerprint density at radius 1 is 1.14 bits per heavy atom. The van der Waals surface area contributed by atoms with E-state index in [0.29, 0.717) is 30.0 Å². The molecule has 2 aromatic carbocycles. The van der Waals surface area contributed by atoms with Crippen molar-refractivity contribution in [1.82, 2.24) is 9.55 Å². The third-order valence-corrected chi connectivity index (χ3v) is 4.11.